The van der Waals surface area contributed by atoms with Gasteiger partial charge in [-0.25, -0.2) is 0 Å². The van der Waals surface area contributed by atoms with Gasteiger partial charge >= 0.3 is 5.97 Å². The van der Waals surface area contributed by atoms with Crippen LogP contribution in [-0.2, 0) is 4.79 Å². The van der Waals surface area contributed by atoms with E-state index < -0.39 is 12.0 Å². The largest absolute Gasteiger partial charge is 0.481 e. The number of hydrogen-bond acceptors (Lipinski definition) is 2. The fraction of sp³-hybridized carbons (Fsp3) is 0.333. The molecule has 0 aliphatic heterocycles. The third-order valence-electron chi connectivity index (χ3n) is 3.89. The average molecular weight is 314 g/mol. The Kier molecular flexibility index (Phi) is 4.89. The van der Waals surface area contributed by atoms with Crippen LogP contribution < -0.4 is 5.32 Å². The van der Waals surface area contributed by atoms with Crippen LogP contribution in [0.1, 0.15) is 40.7 Å². The van der Waals surface area contributed by atoms with Gasteiger partial charge in [0.05, 0.1) is 12.0 Å². The fourth-order valence-corrected chi connectivity index (χ4v) is 2.79. The number of aliphatic carboxylic acids is 1. The molecule has 0 aliphatic carbocycles. The molecule has 0 saturated heterocycles. The van der Waals surface area contributed by atoms with E-state index in [1.807, 2.05) is 55.7 Å². The molecule has 1 amide bonds. The lowest BCUT2D eigenvalue weighted by atomic mass is 10.1. The van der Waals surface area contributed by atoms with Crippen LogP contribution in [0.3, 0.4) is 0 Å². The van der Waals surface area contributed by atoms with Gasteiger partial charge in [0.2, 0.25) is 0 Å². The number of carboxylic acid groups (broad SMARTS) is 1. The number of hydrogen-bond donors (Lipinski definition) is 2. The number of para-hydroxylation sites is 1. The van der Waals surface area contributed by atoms with Crippen LogP contribution in [0.2, 0.25) is 0 Å². The maximum absolute atomic E-state index is 12.4. The number of nitrogens with one attached hydrogen (secondary N) is 1. The first-order valence-corrected chi connectivity index (χ1v) is 7.59. The molecule has 122 valence electrons. The van der Waals surface area contributed by atoms with Crippen molar-refractivity contribution in [3.05, 3.63) is 52.8 Å². The number of aromatic nitrogens is 1. The Morgan fingerprint density at radius 3 is 2.48 bits per heavy atom. The van der Waals surface area contributed by atoms with Crippen LogP contribution in [0.25, 0.3) is 5.69 Å². The summed E-state index contributed by atoms with van der Waals surface area (Å²) >= 11 is 0. The summed E-state index contributed by atoms with van der Waals surface area (Å²) in [5.74, 6) is -1.17. The van der Waals surface area contributed by atoms with E-state index in [2.05, 4.69) is 5.32 Å². The number of carbonyl (C=O) groups is 2. The first-order valence-electron chi connectivity index (χ1n) is 7.59. The summed E-state index contributed by atoms with van der Waals surface area (Å²) in [6.07, 6.45) is -0.0950. The summed E-state index contributed by atoms with van der Waals surface area (Å²) in [6, 6.07) is 9.42. The van der Waals surface area contributed by atoms with Gasteiger partial charge in [-0.05, 0) is 45.4 Å². The number of nitrogens with zero attached hydrogens (tertiary/aromatic N) is 1. The van der Waals surface area contributed by atoms with E-state index in [1.54, 1.807) is 6.92 Å². The molecule has 23 heavy (non-hydrogen) atoms. The summed E-state index contributed by atoms with van der Waals surface area (Å²) in [5, 5.41) is 11.5. The molecule has 1 aromatic carbocycles. The molecular weight excluding hydrogens is 292 g/mol. The second-order valence-electron chi connectivity index (χ2n) is 5.88. The minimum Gasteiger partial charge on any atom is -0.481 e. The topological polar surface area (TPSA) is 71.3 Å². The zero-order valence-electron chi connectivity index (χ0n) is 13.9. The quantitative estimate of drug-likeness (QED) is 0.891. The molecule has 2 N–H and O–H groups in total. The van der Waals surface area contributed by atoms with Gasteiger partial charge in [0.25, 0.3) is 5.91 Å². The first kappa shape index (κ1) is 16.8. The molecule has 1 heterocycles. The molecule has 0 saturated carbocycles. The van der Waals surface area contributed by atoms with E-state index >= 15 is 0 Å². The maximum Gasteiger partial charge on any atom is 0.305 e. The summed E-state index contributed by atoms with van der Waals surface area (Å²) < 4.78 is 2.05. The lowest BCUT2D eigenvalue weighted by molar-refractivity contribution is -0.137. The van der Waals surface area contributed by atoms with Gasteiger partial charge in [0, 0.05) is 23.1 Å². The highest BCUT2D eigenvalue weighted by Gasteiger charge is 2.19. The zero-order valence-corrected chi connectivity index (χ0v) is 13.9. The standard InChI is InChI=1S/C18H22N2O3/c1-11-7-5-6-8-16(11)20-13(3)10-15(14(20)4)18(23)19-12(2)9-17(21)22/h5-8,10,12H,9H2,1-4H3,(H,19,23)(H,21,22). The highest BCUT2D eigenvalue weighted by molar-refractivity contribution is 5.96. The third kappa shape index (κ3) is 3.62. The van der Waals surface area contributed by atoms with Gasteiger partial charge in [-0.3, -0.25) is 9.59 Å². The molecule has 1 unspecified atom stereocenters. The normalized spacial score (nSPS) is 12.0. The van der Waals surface area contributed by atoms with Gasteiger partial charge in [0.15, 0.2) is 0 Å². The van der Waals surface area contributed by atoms with Crippen LogP contribution in [0.4, 0.5) is 0 Å². The predicted octanol–water partition coefficient (Wildman–Crippen LogP) is 3.00. The van der Waals surface area contributed by atoms with Crippen LogP contribution >= 0.6 is 0 Å². The highest BCUT2D eigenvalue weighted by Crippen LogP contribution is 2.23. The lowest BCUT2D eigenvalue weighted by Crippen LogP contribution is -2.34. The zero-order chi connectivity index (χ0) is 17.1. The first-order chi connectivity index (χ1) is 10.8. The summed E-state index contributed by atoms with van der Waals surface area (Å²) in [7, 11) is 0. The smallest absolute Gasteiger partial charge is 0.305 e. The van der Waals surface area contributed by atoms with E-state index in [0.717, 1.165) is 22.6 Å². The molecule has 1 atom stereocenters. The van der Waals surface area contributed by atoms with E-state index in [1.165, 1.54) is 0 Å². The predicted molar refractivity (Wildman–Crippen MR) is 89.2 cm³/mol. The Morgan fingerprint density at radius 1 is 1.22 bits per heavy atom. The minimum atomic E-state index is -0.928. The number of aryl methyl sites for hydroxylation is 2. The molecule has 0 bridgehead atoms. The third-order valence-corrected chi connectivity index (χ3v) is 3.89. The second kappa shape index (κ2) is 6.69. The van der Waals surface area contributed by atoms with Crippen molar-refractivity contribution in [1.29, 1.82) is 0 Å². The van der Waals surface area contributed by atoms with Crippen molar-refractivity contribution in [1.82, 2.24) is 9.88 Å². The molecule has 5 heteroatoms. The Bertz CT molecular complexity index is 747. The highest BCUT2D eigenvalue weighted by atomic mass is 16.4. The molecule has 0 radical (unpaired) electrons. The second-order valence-corrected chi connectivity index (χ2v) is 5.88. The van der Waals surface area contributed by atoms with E-state index in [0.29, 0.717) is 5.56 Å². The van der Waals surface area contributed by atoms with Crippen molar-refractivity contribution in [2.75, 3.05) is 0 Å². The van der Waals surface area contributed by atoms with E-state index in [9.17, 15) is 9.59 Å². The summed E-state index contributed by atoms with van der Waals surface area (Å²) in [4.78, 5) is 23.1. The van der Waals surface area contributed by atoms with Gasteiger partial charge < -0.3 is 15.0 Å². The van der Waals surface area contributed by atoms with Crippen molar-refractivity contribution in [2.24, 2.45) is 0 Å². The summed E-state index contributed by atoms with van der Waals surface area (Å²) in [6.45, 7) is 7.57. The Balaban J connectivity index is 2.33. The Morgan fingerprint density at radius 2 is 1.87 bits per heavy atom. The molecule has 1 aromatic heterocycles. The number of carbonyl (C=O) groups excluding carboxylic acids is 1. The van der Waals surface area contributed by atoms with Crippen molar-refractivity contribution >= 4 is 11.9 Å². The van der Waals surface area contributed by atoms with Gasteiger partial charge in [-0.1, -0.05) is 18.2 Å². The van der Waals surface area contributed by atoms with Gasteiger partial charge in [0.1, 0.15) is 0 Å². The van der Waals surface area contributed by atoms with Crippen molar-refractivity contribution in [2.45, 2.75) is 40.2 Å². The van der Waals surface area contributed by atoms with E-state index in [-0.39, 0.29) is 12.3 Å². The minimum absolute atomic E-state index is 0.0950. The molecule has 0 aliphatic rings. The summed E-state index contributed by atoms with van der Waals surface area (Å²) in [5.41, 5.74) is 4.55. The molecular formula is C18H22N2O3. The molecule has 5 nitrogen and oxygen atoms in total. The van der Waals surface area contributed by atoms with E-state index in [4.69, 9.17) is 5.11 Å². The van der Waals surface area contributed by atoms with Crippen molar-refractivity contribution in [3.8, 4) is 5.69 Å². The Hall–Kier alpha value is -2.56. The average Bonchev–Trinajstić information content (AvgIpc) is 2.74. The molecule has 0 fully saturated rings. The van der Waals surface area contributed by atoms with Crippen molar-refractivity contribution < 1.29 is 14.7 Å². The fourth-order valence-electron chi connectivity index (χ4n) is 2.79. The number of amides is 1. The van der Waals surface area contributed by atoms with Crippen LogP contribution in [0.15, 0.2) is 30.3 Å². The Labute approximate surface area is 135 Å². The molecule has 2 rings (SSSR count). The monoisotopic (exact) mass is 314 g/mol. The van der Waals surface area contributed by atoms with Crippen molar-refractivity contribution in [3.63, 3.8) is 0 Å². The molecule has 0 spiro atoms. The number of carboxylic acids is 1. The van der Waals surface area contributed by atoms with Crippen LogP contribution in [-0.4, -0.2) is 27.6 Å². The van der Waals surface area contributed by atoms with Gasteiger partial charge in [-0.15, -0.1) is 0 Å². The maximum atomic E-state index is 12.4. The van der Waals surface area contributed by atoms with Gasteiger partial charge in [-0.2, -0.15) is 0 Å². The number of benzene rings is 1. The van der Waals surface area contributed by atoms with Crippen LogP contribution in [0, 0.1) is 20.8 Å². The SMILES string of the molecule is Cc1ccccc1-n1c(C)cc(C(=O)NC(C)CC(=O)O)c1C. The molecule has 2 aromatic rings. The lowest BCUT2D eigenvalue weighted by Gasteiger charge is -2.14. The number of rotatable bonds is 5. The van der Waals surface area contributed by atoms with Crippen LogP contribution in [0.5, 0.6) is 0 Å².